The maximum absolute atomic E-state index is 12.8. The second-order valence-corrected chi connectivity index (χ2v) is 7.41. The van der Waals surface area contributed by atoms with Crippen LogP contribution in [0.5, 0.6) is 0 Å². The molecule has 2 aromatic carbocycles. The van der Waals surface area contributed by atoms with Crippen molar-refractivity contribution in [1.29, 1.82) is 0 Å². The van der Waals surface area contributed by atoms with E-state index in [0.29, 0.717) is 25.1 Å². The predicted molar refractivity (Wildman–Crippen MR) is 110 cm³/mol. The second-order valence-electron chi connectivity index (χ2n) is 7.41. The van der Waals surface area contributed by atoms with Crippen LogP contribution in [0, 0.1) is 0 Å². The molecule has 0 bridgehead atoms. The molecule has 6 heteroatoms. The Labute approximate surface area is 170 Å². The number of hydrogen-bond donors (Lipinski definition) is 0. The monoisotopic (exact) mass is 388 g/mol. The van der Waals surface area contributed by atoms with E-state index < -0.39 is 0 Å². The molecule has 2 amide bonds. The molecule has 0 aliphatic carbocycles. The first kappa shape index (κ1) is 18.9. The first-order valence-corrected chi connectivity index (χ1v) is 9.81. The van der Waals surface area contributed by atoms with Gasteiger partial charge in [-0.25, -0.2) is 4.68 Å². The van der Waals surface area contributed by atoms with Gasteiger partial charge in [-0.05, 0) is 36.2 Å². The number of aromatic nitrogens is 2. The van der Waals surface area contributed by atoms with Crippen LogP contribution in [0.3, 0.4) is 0 Å². The Morgan fingerprint density at radius 1 is 1.07 bits per heavy atom. The largest absolute Gasteiger partial charge is 0.338 e. The number of likely N-dealkylation sites (tertiary alicyclic amines) is 1. The lowest BCUT2D eigenvalue weighted by atomic mass is 10.1. The smallest absolute Gasteiger partial charge is 0.253 e. The number of hydrogen-bond acceptors (Lipinski definition) is 3. The van der Waals surface area contributed by atoms with Crippen LogP contribution in [0.15, 0.2) is 67.0 Å². The lowest BCUT2D eigenvalue weighted by Crippen LogP contribution is -2.26. The highest BCUT2D eigenvalue weighted by Crippen LogP contribution is 2.16. The molecule has 4 rings (SSSR count). The highest BCUT2D eigenvalue weighted by Gasteiger charge is 2.20. The Morgan fingerprint density at radius 3 is 2.52 bits per heavy atom. The Balaban J connectivity index is 1.38. The molecule has 0 saturated carbocycles. The average molecular weight is 388 g/mol. The average Bonchev–Trinajstić information content (AvgIpc) is 3.38. The zero-order chi connectivity index (χ0) is 20.2. The Bertz CT molecular complexity index is 995. The fourth-order valence-electron chi connectivity index (χ4n) is 3.57. The minimum Gasteiger partial charge on any atom is -0.338 e. The summed E-state index contributed by atoms with van der Waals surface area (Å²) in [4.78, 5) is 28.1. The van der Waals surface area contributed by atoms with Crippen LogP contribution in [0.1, 0.15) is 34.3 Å². The molecule has 0 N–H and O–H groups in total. The fourth-order valence-corrected chi connectivity index (χ4v) is 3.57. The van der Waals surface area contributed by atoms with E-state index in [0.717, 1.165) is 29.8 Å². The number of carbonyl (C=O) groups excluding carboxylic acids is 2. The third-order valence-corrected chi connectivity index (χ3v) is 5.17. The van der Waals surface area contributed by atoms with Gasteiger partial charge in [-0.2, -0.15) is 5.10 Å². The fraction of sp³-hybridized carbons (Fsp3) is 0.261. The SMILES string of the molecule is CN(Cc1cnn(-c2ccccc2)c1)C(=O)c1ccc(CN2CCCC2=O)cc1. The van der Waals surface area contributed by atoms with Gasteiger partial charge in [-0.15, -0.1) is 0 Å². The lowest BCUT2D eigenvalue weighted by molar-refractivity contribution is -0.128. The van der Waals surface area contributed by atoms with Gasteiger partial charge >= 0.3 is 0 Å². The Morgan fingerprint density at radius 2 is 1.83 bits per heavy atom. The predicted octanol–water partition coefficient (Wildman–Crippen LogP) is 3.27. The number of amides is 2. The first-order valence-electron chi connectivity index (χ1n) is 9.81. The van der Waals surface area contributed by atoms with Crippen LogP contribution < -0.4 is 0 Å². The van der Waals surface area contributed by atoms with Crippen molar-refractivity contribution >= 4 is 11.8 Å². The molecule has 1 aliphatic rings. The normalized spacial score (nSPS) is 13.7. The summed E-state index contributed by atoms with van der Waals surface area (Å²) < 4.78 is 1.81. The van der Waals surface area contributed by atoms with Gasteiger partial charge in [0.1, 0.15) is 0 Å². The molecule has 1 aliphatic heterocycles. The van der Waals surface area contributed by atoms with E-state index in [-0.39, 0.29) is 11.8 Å². The lowest BCUT2D eigenvalue weighted by Gasteiger charge is -2.18. The van der Waals surface area contributed by atoms with E-state index in [1.165, 1.54) is 0 Å². The molecule has 0 radical (unpaired) electrons. The third kappa shape index (κ3) is 4.37. The maximum atomic E-state index is 12.8. The topological polar surface area (TPSA) is 58.4 Å². The molecule has 0 atom stereocenters. The molecule has 2 heterocycles. The van der Waals surface area contributed by atoms with E-state index in [9.17, 15) is 9.59 Å². The van der Waals surface area contributed by atoms with Crippen LogP contribution >= 0.6 is 0 Å². The number of nitrogens with zero attached hydrogens (tertiary/aromatic N) is 4. The van der Waals surface area contributed by atoms with E-state index in [2.05, 4.69) is 5.10 Å². The molecule has 0 spiro atoms. The van der Waals surface area contributed by atoms with Gasteiger partial charge in [0.05, 0.1) is 11.9 Å². The second kappa shape index (κ2) is 8.31. The molecular weight excluding hydrogens is 364 g/mol. The highest BCUT2D eigenvalue weighted by molar-refractivity contribution is 5.94. The molecule has 1 fully saturated rings. The van der Waals surface area contributed by atoms with Crippen molar-refractivity contribution in [2.45, 2.75) is 25.9 Å². The van der Waals surface area contributed by atoms with Gasteiger partial charge in [-0.3, -0.25) is 9.59 Å². The molecule has 1 saturated heterocycles. The molecule has 3 aromatic rings. The third-order valence-electron chi connectivity index (χ3n) is 5.17. The van der Waals surface area contributed by atoms with Crippen LogP contribution in [-0.4, -0.2) is 45.0 Å². The summed E-state index contributed by atoms with van der Waals surface area (Å²) in [5, 5.41) is 4.38. The van der Waals surface area contributed by atoms with Gasteiger partial charge in [-0.1, -0.05) is 30.3 Å². The van der Waals surface area contributed by atoms with Crippen molar-refractivity contribution in [2.75, 3.05) is 13.6 Å². The van der Waals surface area contributed by atoms with Crippen molar-refractivity contribution in [2.24, 2.45) is 0 Å². The molecule has 0 unspecified atom stereocenters. The van der Waals surface area contributed by atoms with Crippen LogP contribution in [-0.2, 0) is 17.9 Å². The van der Waals surface area contributed by atoms with Crippen molar-refractivity contribution in [3.63, 3.8) is 0 Å². The number of benzene rings is 2. The standard InChI is InChI=1S/C23H24N4O2/c1-25(15-19-14-24-27(17-19)21-6-3-2-4-7-21)23(29)20-11-9-18(10-12-20)16-26-13-5-8-22(26)28/h2-4,6-7,9-12,14,17H,5,8,13,15-16H2,1H3. The molecular formula is C23H24N4O2. The quantitative estimate of drug-likeness (QED) is 0.651. The van der Waals surface area contributed by atoms with E-state index in [1.807, 2.05) is 70.4 Å². The van der Waals surface area contributed by atoms with Crippen LogP contribution in [0.4, 0.5) is 0 Å². The molecule has 6 nitrogen and oxygen atoms in total. The van der Waals surface area contributed by atoms with Gasteiger partial charge < -0.3 is 9.80 Å². The molecule has 29 heavy (non-hydrogen) atoms. The number of rotatable bonds is 6. The summed E-state index contributed by atoms with van der Waals surface area (Å²) in [6.45, 7) is 1.91. The zero-order valence-electron chi connectivity index (χ0n) is 16.5. The van der Waals surface area contributed by atoms with Gasteiger partial charge in [0.25, 0.3) is 5.91 Å². The van der Waals surface area contributed by atoms with E-state index in [4.69, 9.17) is 0 Å². The number of carbonyl (C=O) groups is 2. The van der Waals surface area contributed by atoms with Gasteiger partial charge in [0.15, 0.2) is 0 Å². The Kier molecular flexibility index (Phi) is 5.42. The van der Waals surface area contributed by atoms with Crippen molar-refractivity contribution in [1.82, 2.24) is 19.6 Å². The van der Waals surface area contributed by atoms with Gasteiger partial charge in [0.2, 0.25) is 5.91 Å². The van der Waals surface area contributed by atoms with E-state index >= 15 is 0 Å². The van der Waals surface area contributed by atoms with Gasteiger partial charge in [0, 0.05) is 50.4 Å². The van der Waals surface area contributed by atoms with Crippen molar-refractivity contribution in [3.05, 3.63) is 83.7 Å². The van der Waals surface area contributed by atoms with Crippen molar-refractivity contribution in [3.8, 4) is 5.69 Å². The first-order chi connectivity index (χ1) is 14.1. The van der Waals surface area contributed by atoms with Crippen LogP contribution in [0.2, 0.25) is 0 Å². The summed E-state index contributed by atoms with van der Waals surface area (Å²) in [5.41, 5.74) is 3.64. The Hall–Kier alpha value is -3.41. The highest BCUT2D eigenvalue weighted by atomic mass is 16.2. The molecule has 148 valence electrons. The maximum Gasteiger partial charge on any atom is 0.253 e. The summed E-state index contributed by atoms with van der Waals surface area (Å²) >= 11 is 0. The summed E-state index contributed by atoms with van der Waals surface area (Å²) in [6.07, 6.45) is 5.30. The minimum absolute atomic E-state index is 0.0405. The van der Waals surface area contributed by atoms with E-state index in [1.54, 1.807) is 18.1 Å². The summed E-state index contributed by atoms with van der Waals surface area (Å²) in [6, 6.07) is 17.4. The number of para-hydroxylation sites is 1. The minimum atomic E-state index is -0.0405. The van der Waals surface area contributed by atoms with Crippen molar-refractivity contribution < 1.29 is 9.59 Å². The van der Waals surface area contributed by atoms with Crippen LogP contribution in [0.25, 0.3) is 5.69 Å². The summed E-state index contributed by atoms with van der Waals surface area (Å²) in [7, 11) is 1.79. The zero-order valence-corrected chi connectivity index (χ0v) is 16.5. The molecule has 1 aromatic heterocycles. The summed E-state index contributed by atoms with van der Waals surface area (Å²) in [5.74, 6) is 0.169.